The number of hydrogen-bond donors (Lipinski definition) is 0. The fourth-order valence-electron chi connectivity index (χ4n) is 4.04. The lowest BCUT2D eigenvalue weighted by molar-refractivity contribution is 0.0758. The molecule has 1 fully saturated rings. The number of rotatable bonds is 5. The molecule has 1 aliphatic heterocycles. The maximum atomic E-state index is 13.7. The van der Waals surface area contributed by atoms with Crippen molar-refractivity contribution in [3.63, 3.8) is 0 Å². The minimum absolute atomic E-state index is 0.140. The van der Waals surface area contributed by atoms with E-state index in [-0.39, 0.29) is 12.0 Å². The lowest BCUT2D eigenvalue weighted by Gasteiger charge is -2.21. The van der Waals surface area contributed by atoms with Crippen LogP contribution in [0.2, 0.25) is 0 Å². The van der Waals surface area contributed by atoms with Crippen LogP contribution < -0.4 is 9.47 Å². The average molecular weight is 465 g/mol. The van der Waals surface area contributed by atoms with Crippen LogP contribution in [0.3, 0.4) is 0 Å². The van der Waals surface area contributed by atoms with Crippen molar-refractivity contribution < 1.29 is 23.8 Å². The van der Waals surface area contributed by atoms with E-state index in [1.807, 2.05) is 42.5 Å². The number of ether oxygens (including phenoxy) is 3. The number of amides is 2. The molecule has 1 saturated heterocycles. The smallest absolute Gasteiger partial charge is 0.409 e. The number of carbonyl (C=O) groups excluding carboxylic acids is 2. The van der Waals surface area contributed by atoms with E-state index < -0.39 is 0 Å². The Morgan fingerprint density at radius 1 is 0.853 bits per heavy atom. The summed E-state index contributed by atoms with van der Waals surface area (Å²) in [6.07, 6.45) is 2.05. The summed E-state index contributed by atoms with van der Waals surface area (Å²) in [5.74, 6) is 1.01. The van der Waals surface area contributed by atoms with E-state index >= 15 is 0 Å². The van der Waals surface area contributed by atoms with Crippen molar-refractivity contribution in [3.8, 4) is 28.4 Å². The fourth-order valence-corrected chi connectivity index (χ4v) is 4.04. The quantitative estimate of drug-likeness (QED) is 0.575. The molecule has 0 aliphatic carbocycles. The summed E-state index contributed by atoms with van der Waals surface area (Å²) in [4.78, 5) is 29.0. The van der Waals surface area contributed by atoms with Gasteiger partial charge in [-0.05, 0) is 36.8 Å². The van der Waals surface area contributed by atoms with Gasteiger partial charge < -0.3 is 24.0 Å². The second kappa shape index (κ2) is 10.3. The highest BCUT2D eigenvalue weighted by Crippen LogP contribution is 2.34. The van der Waals surface area contributed by atoms with Crippen LogP contribution >= 0.6 is 0 Å². The minimum atomic E-state index is -0.378. The van der Waals surface area contributed by atoms with Gasteiger partial charge in [-0.15, -0.1) is 0 Å². The summed E-state index contributed by atoms with van der Waals surface area (Å²) < 4.78 is 17.4. The van der Waals surface area contributed by atoms with E-state index in [1.54, 1.807) is 41.0 Å². The van der Waals surface area contributed by atoms with Gasteiger partial charge in [0.05, 0.1) is 32.6 Å². The first kappa shape index (κ1) is 23.2. The zero-order valence-corrected chi connectivity index (χ0v) is 19.6. The molecule has 9 nitrogen and oxygen atoms in total. The van der Waals surface area contributed by atoms with E-state index in [0.717, 1.165) is 11.3 Å². The molecule has 1 aliphatic rings. The van der Waals surface area contributed by atoms with Gasteiger partial charge in [0.1, 0.15) is 5.69 Å². The molecule has 0 unspecified atom stereocenters. The predicted molar refractivity (Wildman–Crippen MR) is 127 cm³/mol. The lowest BCUT2D eigenvalue weighted by atomic mass is 10.1. The van der Waals surface area contributed by atoms with Crippen molar-refractivity contribution in [2.24, 2.45) is 0 Å². The van der Waals surface area contributed by atoms with Gasteiger partial charge >= 0.3 is 6.09 Å². The van der Waals surface area contributed by atoms with E-state index in [4.69, 9.17) is 19.3 Å². The van der Waals surface area contributed by atoms with Gasteiger partial charge in [0, 0.05) is 37.9 Å². The Morgan fingerprint density at radius 3 is 2.26 bits per heavy atom. The largest absolute Gasteiger partial charge is 0.493 e. The van der Waals surface area contributed by atoms with Gasteiger partial charge in [0.15, 0.2) is 11.5 Å². The number of hydrogen-bond acceptors (Lipinski definition) is 6. The zero-order valence-electron chi connectivity index (χ0n) is 19.6. The van der Waals surface area contributed by atoms with Crippen molar-refractivity contribution in [2.45, 2.75) is 6.42 Å². The second-order valence-corrected chi connectivity index (χ2v) is 7.84. The zero-order chi connectivity index (χ0) is 24.1. The highest BCUT2D eigenvalue weighted by molar-refractivity contribution is 6.00. The summed E-state index contributed by atoms with van der Waals surface area (Å²) in [6.45, 7) is 1.91. The minimum Gasteiger partial charge on any atom is -0.493 e. The maximum absolute atomic E-state index is 13.7. The molecular weight excluding hydrogens is 436 g/mol. The molecule has 0 bridgehead atoms. The van der Waals surface area contributed by atoms with Gasteiger partial charge in [-0.2, -0.15) is 5.10 Å². The predicted octanol–water partition coefficient (Wildman–Crippen LogP) is 3.47. The summed E-state index contributed by atoms with van der Waals surface area (Å²) in [5, 5.41) is 4.77. The number of methoxy groups -OCH3 is 3. The van der Waals surface area contributed by atoms with Crippen molar-refractivity contribution in [1.29, 1.82) is 0 Å². The number of carbonyl (C=O) groups is 2. The summed E-state index contributed by atoms with van der Waals surface area (Å²) in [6, 6.07) is 15.1. The van der Waals surface area contributed by atoms with Gasteiger partial charge in [0.2, 0.25) is 0 Å². The Morgan fingerprint density at radius 2 is 1.56 bits per heavy atom. The van der Waals surface area contributed by atoms with E-state index in [1.165, 1.54) is 7.11 Å². The molecule has 2 heterocycles. The molecule has 0 N–H and O–H groups in total. The fraction of sp³-hybridized carbons (Fsp3) is 0.320. The molecule has 0 spiro atoms. The Labute approximate surface area is 198 Å². The molecule has 0 atom stereocenters. The van der Waals surface area contributed by atoms with Crippen molar-refractivity contribution >= 4 is 12.0 Å². The molecule has 0 saturated carbocycles. The summed E-state index contributed by atoms with van der Waals surface area (Å²) >= 11 is 0. The summed E-state index contributed by atoms with van der Waals surface area (Å²) in [7, 11) is 4.51. The van der Waals surface area contributed by atoms with Crippen molar-refractivity contribution in [2.75, 3.05) is 47.5 Å². The van der Waals surface area contributed by atoms with E-state index in [9.17, 15) is 9.59 Å². The van der Waals surface area contributed by atoms with E-state index in [0.29, 0.717) is 55.4 Å². The normalized spacial score (nSPS) is 13.9. The lowest BCUT2D eigenvalue weighted by Crippen LogP contribution is -2.37. The van der Waals surface area contributed by atoms with Crippen molar-refractivity contribution in [3.05, 3.63) is 60.3 Å². The molecule has 1 aromatic heterocycles. The first-order valence-electron chi connectivity index (χ1n) is 11.1. The summed E-state index contributed by atoms with van der Waals surface area (Å²) in [5.41, 5.74) is 2.60. The molecule has 178 valence electrons. The molecule has 3 aromatic rings. The Kier molecular flexibility index (Phi) is 7.01. The highest BCUT2D eigenvalue weighted by atomic mass is 16.5. The topological polar surface area (TPSA) is 86.1 Å². The Hall–Kier alpha value is -4.01. The second-order valence-electron chi connectivity index (χ2n) is 7.84. The molecule has 2 aromatic carbocycles. The molecule has 9 heteroatoms. The molecule has 0 radical (unpaired) electrons. The van der Waals surface area contributed by atoms with Crippen LogP contribution in [-0.4, -0.2) is 79.1 Å². The van der Waals surface area contributed by atoms with Crippen LogP contribution in [0.15, 0.2) is 54.7 Å². The number of para-hydroxylation sites is 1. The van der Waals surface area contributed by atoms with Gasteiger partial charge in [-0.1, -0.05) is 18.2 Å². The average Bonchev–Trinajstić information content (AvgIpc) is 3.19. The number of aromatic nitrogens is 2. The molecule has 34 heavy (non-hydrogen) atoms. The molecule has 4 rings (SSSR count). The standard InChI is InChI=1S/C25H28N4O5/c1-32-21-11-10-18(16-22(21)33-2)23-20(17-29(26-23)19-8-5-4-6-9-19)24(30)27-12-7-13-28(15-14-27)25(31)34-3/h4-6,8-11,16-17H,7,12-15H2,1-3H3. The monoisotopic (exact) mass is 464 g/mol. The highest BCUT2D eigenvalue weighted by Gasteiger charge is 2.27. The van der Waals surface area contributed by atoms with Gasteiger partial charge in [-0.3, -0.25) is 4.79 Å². The van der Waals surface area contributed by atoms with Crippen molar-refractivity contribution in [1.82, 2.24) is 19.6 Å². The van der Waals surface area contributed by atoms with E-state index in [2.05, 4.69) is 0 Å². The maximum Gasteiger partial charge on any atom is 0.409 e. The third-order valence-corrected chi connectivity index (χ3v) is 5.84. The SMILES string of the molecule is COC(=O)N1CCCN(C(=O)c2cn(-c3ccccc3)nc2-c2ccc(OC)c(OC)c2)CC1. The molecular formula is C25H28N4O5. The Balaban J connectivity index is 1.72. The van der Waals surface area contributed by atoms with Crippen LogP contribution in [-0.2, 0) is 4.74 Å². The van der Waals surface area contributed by atoms with Gasteiger partial charge in [-0.25, -0.2) is 9.48 Å². The van der Waals surface area contributed by atoms with Crippen LogP contribution in [0.5, 0.6) is 11.5 Å². The van der Waals surface area contributed by atoms with Crippen LogP contribution in [0.25, 0.3) is 16.9 Å². The molecule has 2 amide bonds. The third kappa shape index (κ3) is 4.68. The number of nitrogens with zero attached hydrogens (tertiary/aromatic N) is 4. The number of benzene rings is 2. The van der Waals surface area contributed by atoms with Crippen LogP contribution in [0.1, 0.15) is 16.8 Å². The van der Waals surface area contributed by atoms with Crippen LogP contribution in [0, 0.1) is 0 Å². The first-order chi connectivity index (χ1) is 16.5. The van der Waals surface area contributed by atoms with Crippen LogP contribution in [0.4, 0.5) is 4.79 Å². The third-order valence-electron chi connectivity index (χ3n) is 5.84. The van der Waals surface area contributed by atoms with Gasteiger partial charge in [0.25, 0.3) is 5.91 Å². The first-order valence-corrected chi connectivity index (χ1v) is 11.1. The Bertz CT molecular complexity index is 1160.